The minimum Gasteiger partial charge on any atom is -0.395 e. The van der Waals surface area contributed by atoms with Crippen molar-refractivity contribution in [2.45, 2.75) is 13.0 Å². The van der Waals surface area contributed by atoms with Gasteiger partial charge in [-0.2, -0.15) is 0 Å². The van der Waals surface area contributed by atoms with Crippen LogP contribution in [0.3, 0.4) is 0 Å². The van der Waals surface area contributed by atoms with E-state index in [0.29, 0.717) is 23.7 Å². The summed E-state index contributed by atoms with van der Waals surface area (Å²) in [6.45, 7) is 4.84. The highest BCUT2D eigenvalue weighted by Gasteiger charge is 2.21. The lowest BCUT2D eigenvalue weighted by molar-refractivity contribution is -0.385. The molecule has 0 aliphatic carbocycles. The van der Waals surface area contributed by atoms with Crippen molar-refractivity contribution in [3.63, 3.8) is 0 Å². The molecule has 6 nitrogen and oxygen atoms in total. The Balaban J connectivity index is 2.06. The third kappa shape index (κ3) is 4.38. The van der Waals surface area contributed by atoms with Crippen LogP contribution in [0.4, 0.5) is 5.69 Å². The minimum atomic E-state index is -0.378. The average Bonchev–Trinajstić information content (AvgIpc) is 2.67. The fourth-order valence-corrected chi connectivity index (χ4v) is 2.88. The van der Waals surface area contributed by atoms with Crippen molar-refractivity contribution in [2.24, 2.45) is 0 Å². The van der Waals surface area contributed by atoms with Gasteiger partial charge in [-0.15, -0.1) is 0 Å². The van der Waals surface area contributed by atoms with E-state index in [9.17, 15) is 10.1 Å². The first-order chi connectivity index (χ1) is 10.1. The summed E-state index contributed by atoms with van der Waals surface area (Å²) in [5.41, 5.74) is 0.665. The zero-order chi connectivity index (χ0) is 15.2. The number of halogens is 1. The Morgan fingerprint density at radius 2 is 1.95 bits per heavy atom. The van der Waals surface area contributed by atoms with E-state index in [1.165, 1.54) is 6.07 Å². The quantitative estimate of drug-likeness (QED) is 0.662. The number of hydrogen-bond donors (Lipinski definition) is 1. The van der Waals surface area contributed by atoms with Gasteiger partial charge in [0.1, 0.15) is 0 Å². The van der Waals surface area contributed by atoms with E-state index >= 15 is 0 Å². The molecule has 1 N–H and O–H groups in total. The molecule has 0 spiro atoms. The topological polar surface area (TPSA) is 69.9 Å². The van der Waals surface area contributed by atoms with Crippen molar-refractivity contribution >= 4 is 17.3 Å². The van der Waals surface area contributed by atoms with Crippen LogP contribution in [0.1, 0.15) is 12.0 Å². The Morgan fingerprint density at radius 1 is 1.24 bits per heavy atom. The molecule has 1 aliphatic rings. The number of nitrogens with zero attached hydrogens (tertiary/aromatic N) is 3. The van der Waals surface area contributed by atoms with Crippen molar-refractivity contribution in [3.05, 3.63) is 38.9 Å². The second-order valence-corrected chi connectivity index (χ2v) is 5.60. The van der Waals surface area contributed by atoms with Gasteiger partial charge in [-0.05, 0) is 25.6 Å². The van der Waals surface area contributed by atoms with Gasteiger partial charge in [-0.3, -0.25) is 19.9 Å². The summed E-state index contributed by atoms with van der Waals surface area (Å²) in [4.78, 5) is 15.1. The highest BCUT2D eigenvalue weighted by Crippen LogP contribution is 2.27. The summed E-state index contributed by atoms with van der Waals surface area (Å²) in [7, 11) is 0. The lowest BCUT2D eigenvalue weighted by Gasteiger charge is -2.21. The summed E-state index contributed by atoms with van der Waals surface area (Å²) in [5.74, 6) is 0. The number of benzene rings is 1. The van der Waals surface area contributed by atoms with Crippen LogP contribution in [0.15, 0.2) is 18.2 Å². The van der Waals surface area contributed by atoms with Crippen LogP contribution >= 0.6 is 11.6 Å². The van der Waals surface area contributed by atoms with Gasteiger partial charge in [0.25, 0.3) is 5.69 Å². The van der Waals surface area contributed by atoms with E-state index in [4.69, 9.17) is 16.7 Å². The molecule has 7 heteroatoms. The van der Waals surface area contributed by atoms with Gasteiger partial charge < -0.3 is 5.11 Å². The predicted molar refractivity (Wildman–Crippen MR) is 81.5 cm³/mol. The third-order valence-electron chi connectivity index (χ3n) is 3.77. The van der Waals surface area contributed by atoms with Crippen LogP contribution in [0.2, 0.25) is 5.02 Å². The van der Waals surface area contributed by atoms with Crippen LogP contribution in [0.25, 0.3) is 0 Å². The zero-order valence-electron chi connectivity index (χ0n) is 11.9. The van der Waals surface area contributed by atoms with Gasteiger partial charge >= 0.3 is 0 Å². The summed E-state index contributed by atoms with van der Waals surface area (Å²) in [6.07, 6.45) is 0.984. The van der Waals surface area contributed by atoms with E-state index < -0.39 is 0 Å². The van der Waals surface area contributed by atoms with Crippen LogP contribution in [0, 0.1) is 10.1 Å². The number of nitro groups is 1. The average molecular weight is 314 g/mol. The van der Waals surface area contributed by atoms with Crippen LogP contribution < -0.4 is 0 Å². The lowest BCUT2D eigenvalue weighted by atomic mass is 10.1. The van der Waals surface area contributed by atoms with E-state index in [0.717, 1.165) is 32.6 Å². The van der Waals surface area contributed by atoms with Gasteiger partial charge in [-0.1, -0.05) is 17.7 Å². The van der Waals surface area contributed by atoms with Crippen LogP contribution in [-0.2, 0) is 6.54 Å². The highest BCUT2D eigenvalue weighted by molar-refractivity contribution is 6.31. The first-order valence-corrected chi connectivity index (χ1v) is 7.47. The fourth-order valence-electron chi connectivity index (χ4n) is 2.65. The molecule has 0 bridgehead atoms. The summed E-state index contributed by atoms with van der Waals surface area (Å²) < 4.78 is 0. The van der Waals surface area contributed by atoms with Gasteiger partial charge in [0, 0.05) is 32.2 Å². The lowest BCUT2D eigenvalue weighted by Crippen LogP contribution is -2.32. The number of rotatable bonds is 5. The summed E-state index contributed by atoms with van der Waals surface area (Å²) in [6, 6.07) is 4.80. The molecule has 0 radical (unpaired) electrons. The second-order valence-electron chi connectivity index (χ2n) is 5.19. The van der Waals surface area contributed by atoms with E-state index in [2.05, 4.69) is 9.80 Å². The van der Waals surface area contributed by atoms with Crippen LogP contribution in [0.5, 0.6) is 0 Å². The molecule has 1 fully saturated rings. The molecule has 1 heterocycles. The molecule has 0 amide bonds. The van der Waals surface area contributed by atoms with Crippen molar-refractivity contribution in [2.75, 3.05) is 39.3 Å². The molecule has 21 heavy (non-hydrogen) atoms. The molecule has 1 aliphatic heterocycles. The Bertz CT molecular complexity index is 498. The van der Waals surface area contributed by atoms with Gasteiger partial charge in [0.05, 0.1) is 22.1 Å². The number of β-amino-alcohol motifs (C(OH)–C–C–N with tert-alkyl or cyclic N) is 1. The van der Waals surface area contributed by atoms with E-state index in [1.807, 2.05) is 0 Å². The van der Waals surface area contributed by atoms with Crippen molar-refractivity contribution in [1.29, 1.82) is 0 Å². The van der Waals surface area contributed by atoms with Crippen LogP contribution in [-0.4, -0.2) is 59.2 Å². The first-order valence-electron chi connectivity index (χ1n) is 7.09. The smallest absolute Gasteiger partial charge is 0.275 e. The predicted octanol–water partition coefficient (Wildman–Crippen LogP) is 1.75. The number of aliphatic hydroxyl groups excluding tert-OH is 1. The van der Waals surface area contributed by atoms with Gasteiger partial charge in [0.2, 0.25) is 0 Å². The van der Waals surface area contributed by atoms with Gasteiger partial charge in [-0.25, -0.2) is 0 Å². The number of aliphatic hydroxyl groups is 1. The molecule has 116 valence electrons. The maximum absolute atomic E-state index is 11.1. The molecule has 1 saturated heterocycles. The van der Waals surface area contributed by atoms with Crippen molar-refractivity contribution < 1.29 is 10.0 Å². The SMILES string of the molecule is O=[N+]([O-])c1cccc(Cl)c1CN1CCCN(CCO)CC1. The Hall–Kier alpha value is -1.21. The maximum atomic E-state index is 11.1. The molecule has 0 saturated carbocycles. The largest absolute Gasteiger partial charge is 0.395 e. The summed E-state index contributed by atoms with van der Waals surface area (Å²) in [5, 5.41) is 20.6. The third-order valence-corrected chi connectivity index (χ3v) is 4.12. The molecular weight excluding hydrogens is 294 g/mol. The Morgan fingerprint density at radius 3 is 2.67 bits per heavy atom. The zero-order valence-corrected chi connectivity index (χ0v) is 12.6. The monoisotopic (exact) mass is 313 g/mol. The minimum absolute atomic E-state index is 0.0824. The van der Waals surface area contributed by atoms with Gasteiger partial charge in [0.15, 0.2) is 0 Å². The van der Waals surface area contributed by atoms with Crippen molar-refractivity contribution in [3.8, 4) is 0 Å². The second kappa shape index (κ2) is 7.70. The first kappa shape index (κ1) is 16.2. The molecule has 0 unspecified atom stereocenters. The summed E-state index contributed by atoms with van der Waals surface area (Å²) >= 11 is 6.14. The Kier molecular flexibility index (Phi) is 5.93. The van der Waals surface area contributed by atoms with E-state index in [-0.39, 0.29) is 17.2 Å². The molecule has 0 atom stereocenters. The number of nitro benzene ring substituents is 1. The fraction of sp³-hybridized carbons (Fsp3) is 0.571. The molecule has 2 rings (SSSR count). The Labute approximate surface area is 129 Å². The molecule has 1 aromatic carbocycles. The van der Waals surface area contributed by atoms with Crippen molar-refractivity contribution in [1.82, 2.24) is 9.80 Å². The molecular formula is C14H20ClN3O3. The maximum Gasteiger partial charge on any atom is 0.275 e. The molecule has 0 aromatic heterocycles. The normalized spacial score (nSPS) is 17.6. The molecule has 1 aromatic rings. The highest BCUT2D eigenvalue weighted by atomic mass is 35.5. The number of hydrogen-bond acceptors (Lipinski definition) is 5. The van der Waals surface area contributed by atoms with E-state index in [1.54, 1.807) is 12.1 Å². The standard InChI is InChI=1S/C14H20ClN3O3/c15-13-3-1-4-14(18(20)21)12(13)11-17-6-2-5-16(7-8-17)9-10-19/h1,3-4,19H,2,5-11H2.